The number of hydrogen-bond donors (Lipinski definition) is 3. The molecule has 0 aliphatic heterocycles. The van der Waals surface area contributed by atoms with Gasteiger partial charge in [-0.2, -0.15) is 0 Å². The minimum atomic E-state index is -0.848. The normalized spacial score (nSPS) is 12.6. The van der Waals surface area contributed by atoms with Gasteiger partial charge in [-0.3, -0.25) is 9.59 Å². The first kappa shape index (κ1) is 65.6. The summed E-state index contributed by atoms with van der Waals surface area (Å²) in [5.41, 5.74) is 0. The summed E-state index contributed by atoms with van der Waals surface area (Å²) in [4.78, 5) is 24.5. The Morgan fingerprint density at radius 1 is 0.403 bits per heavy atom. The summed E-state index contributed by atoms with van der Waals surface area (Å²) in [6.07, 6.45) is 68.1. The molecule has 0 aromatic carbocycles. The molecule has 2 atom stereocenters. The van der Waals surface area contributed by atoms with Crippen LogP contribution < -0.4 is 5.32 Å². The van der Waals surface area contributed by atoms with Crippen LogP contribution in [-0.4, -0.2) is 47.4 Å². The smallest absolute Gasteiger partial charge is 0.305 e. The number of rotatable bonds is 57. The molecule has 0 spiro atoms. The molecule has 0 fully saturated rings. The van der Waals surface area contributed by atoms with E-state index in [0.717, 1.165) is 44.9 Å². The second kappa shape index (κ2) is 57.2. The third-order valence-electron chi connectivity index (χ3n) is 14.3. The van der Waals surface area contributed by atoms with Gasteiger partial charge in [0.1, 0.15) is 0 Å². The van der Waals surface area contributed by atoms with E-state index in [1.807, 2.05) is 6.08 Å². The molecular weight excluding hydrogens is 827 g/mol. The molecule has 0 heterocycles. The predicted molar refractivity (Wildman–Crippen MR) is 292 cm³/mol. The van der Waals surface area contributed by atoms with Gasteiger partial charge in [-0.05, 0) is 32.1 Å². The van der Waals surface area contributed by atoms with Crippen molar-refractivity contribution in [3.63, 3.8) is 0 Å². The van der Waals surface area contributed by atoms with Crippen molar-refractivity contribution in [1.82, 2.24) is 5.32 Å². The fraction of sp³-hybridized carbons (Fsp3) is 0.934. The quantitative estimate of drug-likeness (QED) is 0.0321. The Balaban J connectivity index is 3.45. The number of amides is 1. The van der Waals surface area contributed by atoms with Crippen molar-refractivity contribution in [1.29, 1.82) is 0 Å². The zero-order valence-electron chi connectivity index (χ0n) is 45.4. The molecule has 0 aromatic heterocycles. The Hall–Kier alpha value is -1.40. The van der Waals surface area contributed by atoms with E-state index in [2.05, 4.69) is 19.2 Å². The summed E-state index contributed by atoms with van der Waals surface area (Å²) in [6, 6.07) is -0.632. The zero-order chi connectivity index (χ0) is 48.6. The lowest BCUT2D eigenvalue weighted by Crippen LogP contribution is -2.45. The van der Waals surface area contributed by atoms with Crippen molar-refractivity contribution >= 4 is 11.9 Å². The van der Waals surface area contributed by atoms with Gasteiger partial charge in [0.05, 0.1) is 25.4 Å². The van der Waals surface area contributed by atoms with Gasteiger partial charge in [0.2, 0.25) is 5.91 Å². The van der Waals surface area contributed by atoms with Gasteiger partial charge in [-0.15, -0.1) is 0 Å². The van der Waals surface area contributed by atoms with E-state index >= 15 is 0 Å². The number of hydrogen-bond acceptors (Lipinski definition) is 5. The minimum Gasteiger partial charge on any atom is -0.466 e. The second-order valence-corrected chi connectivity index (χ2v) is 21.0. The largest absolute Gasteiger partial charge is 0.466 e. The van der Waals surface area contributed by atoms with Crippen LogP contribution >= 0.6 is 0 Å². The third kappa shape index (κ3) is 53.8. The van der Waals surface area contributed by atoms with Crippen molar-refractivity contribution < 1.29 is 24.5 Å². The Labute approximate surface area is 419 Å². The molecule has 0 aromatic rings. The summed E-state index contributed by atoms with van der Waals surface area (Å²) in [5, 5.41) is 23.2. The molecule has 3 N–H and O–H groups in total. The number of aliphatic hydroxyl groups is 2. The van der Waals surface area contributed by atoms with E-state index in [0.29, 0.717) is 19.4 Å². The monoisotopic (exact) mass is 946 g/mol. The lowest BCUT2D eigenvalue weighted by atomic mass is 10.0. The van der Waals surface area contributed by atoms with E-state index in [1.165, 1.54) is 270 Å². The fourth-order valence-electron chi connectivity index (χ4n) is 9.64. The van der Waals surface area contributed by atoms with E-state index in [9.17, 15) is 19.8 Å². The van der Waals surface area contributed by atoms with Crippen molar-refractivity contribution in [2.75, 3.05) is 13.2 Å². The van der Waals surface area contributed by atoms with Crippen molar-refractivity contribution in [2.24, 2.45) is 0 Å². The molecular formula is C61H119NO5. The van der Waals surface area contributed by atoms with E-state index in [1.54, 1.807) is 6.08 Å². The Kier molecular flexibility index (Phi) is 56.0. The van der Waals surface area contributed by atoms with Crippen LogP contribution in [0.5, 0.6) is 0 Å². The summed E-state index contributed by atoms with van der Waals surface area (Å²) in [6.45, 7) is 4.92. The lowest BCUT2D eigenvalue weighted by Gasteiger charge is -2.20. The zero-order valence-corrected chi connectivity index (χ0v) is 45.4. The molecule has 67 heavy (non-hydrogen) atoms. The number of carbonyl (C=O) groups excluding carboxylic acids is 2. The van der Waals surface area contributed by atoms with Crippen molar-refractivity contribution in [3.8, 4) is 0 Å². The van der Waals surface area contributed by atoms with Crippen LogP contribution in [0, 0.1) is 0 Å². The first-order chi connectivity index (χ1) is 33.0. The number of aliphatic hydroxyl groups excluding tert-OH is 2. The minimum absolute atomic E-state index is 0.00595. The van der Waals surface area contributed by atoms with E-state index < -0.39 is 12.1 Å². The van der Waals surface area contributed by atoms with Gasteiger partial charge in [0, 0.05) is 12.8 Å². The van der Waals surface area contributed by atoms with E-state index in [-0.39, 0.29) is 18.5 Å². The van der Waals surface area contributed by atoms with E-state index in [4.69, 9.17) is 4.74 Å². The molecule has 0 saturated carbocycles. The van der Waals surface area contributed by atoms with Crippen molar-refractivity contribution in [3.05, 3.63) is 12.2 Å². The molecule has 0 aliphatic rings. The van der Waals surface area contributed by atoms with Crippen LogP contribution in [0.1, 0.15) is 341 Å². The standard InChI is InChI=1S/C61H119NO5/c1-3-5-7-9-11-13-15-17-18-19-20-21-22-24-27-30-33-37-41-45-49-53-59(64)58(57-63)62-60(65)54-50-46-42-38-34-31-28-25-23-26-29-32-36-40-44-48-52-56-67-61(66)55-51-47-43-39-35-16-14-12-10-8-6-4-2/h49,53,58-59,63-64H,3-48,50-52,54-57H2,1-2H3,(H,62,65)/b53-49+. The van der Waals surface area contributed by atoms with Crippen LogP contribution in [0.4, 0.5) is 0 Å². The van der Waals surface area contributed by atoms with Crippen LogP contribution in [0.25, 0.3) is 0 Å². The molecule has 0 rings (SSSR count). The topological polar surface area (TPSA) is 95.9 Å². The average Bonchev–Trinajstić information content (AvgIpc) is 3.33. The number of nitrogens with one attached hydrogen (secondary N) is 1. The lowest BCUT2D eigenvalue weighted by molar-refractivity contribution is -0.143. The van der Waals surface area contributed by atoms with Crippen LogP contribution in [0.3, 0.4) is 0 Å². The molecule has 6 nitrogen and oxygen atoms in total. The SMILES string of the molecule is CCCCCCCCCCCCCCCCCCCCC/C=C/C(O)C(CO)NC(=O)CCCCCCCCCCCCCCCCCCCOC(=O)CCCCCCCCCCCCCC. The molecule has 0 radical (unpaired) electrons. The fourth-order valence-corrected chi connectivity index (χ4v) is 9.64. The molecule has 398 valence electrons. The van der Waals surface area contributed by atoms with Gasteiger partial charge < -0.3 is 20.3 Å². The maximum absolute atomic E-state index is 12.5. The number of unbranched alkanes of at least 4 members (excludes halogenated alkanes) is 46. The predicted octanol–water partition coefficient (Wildman–Crippen LogP) is 18.9. The third-order valence-corrected chi connectivity index (χ3v) is 14.3. The highest BCUT2D eigenvalue weighted by Gasteiger charge is 2.18. The summed E-state index contributed by atoms with van der Waals surface area (Å²) < 4.78 is 5.47. The Morgan fingerprint density at radius 2 is 0.687 bits per heavy atom. The molecule has 1 amide bonds. The van der Waals surface area contributed by atoms with Gasteiger partial charge in [-0.25, -0.2) is 0 Å². The highest BCUT2D eigenvalue weighted by Crippen LogP contribution is 2.18. The second-order valence-electron chi connectivity index (χ2n) is 21.0. The molecule has 0 aliphatic carbocycles. The number of allylic oxidation sites excluding steroid dienone is 1. The maximum Gasteiger partial charge on any atom is 0.305 e. The van der Waals surface area contributed by atoms with Gasteiger partial charge in [0.15, 0.2) is 0 Å². The Morgan fingerprint density at radius 3 is 1.01 bits per heavy atom. The highest BCUT2D eigenvalue weighted by molar-refractivity contribution is 5.76. The van der Waals surface area contributed by atoms with Gasteiger partial charge in [-0.1, -0.05) is 309 Å². The van der Waals surface area contributed by atoms with Gasteiger partial charge in [0.25, 0.3) is 0 Å². The first-order valence-electron chi connectivity index (χ1n) is 30.5. The summed E-state index contributed by atoms with van der Waals surface area (Å²) in [5.74, 6) is -0.0636. The summed E-state index contributed by atoms with van der Waals surface area (Å²) in [7, 11) is 0. The van der Waals surface area contributed by atoms with Crippen LogP contribution in [0.15, 0.2) is 12.2 Å². The first-order valence-corrected chi connectivity index (χ1v) is 30.5. The molecule has 6 heteroatoms. The average molecular weight is 947 g/mol. The van der Waals surface area contributed by atoms with Crippen LogP contribution in [-0.2, 0) is 14.3 Å². The van der Waals surface area contributed by atoms with Crippen molar-refractivity contribution in [2.45, 2.75) is 353 Å². The summed E-state index contributed by atoms with van der Waals surface area (Å²) >= 11 is 0. The number of esters is 1. The van der Waals surface area contributed by atoms with Crippen LogP contribution in [0.2, 0.25) is 0 Å². The highest BCUT2D eigenvalue weighted by atomic mass is 16.5. The molecule has 0 saturated heterocycles. The molecule has 2 unspecified atom stereocenters. The Bertz CT molecular complexity index is 1000. The number of ether oxygens (including phenoxy) is 1. The number of carbonyl (C=O) groups is 2. The van der Waals surface area contributed by atoms with Gasteiger partial charge >= 0.3 is 5.97 Å². The molecule has 0 bridgehead atoms. The maximum atomic E-state index is 12.5.